The molecule has 2 aliphatic carbocycles. The van der Waals surface area contributed by atoms with Crippen LogP contribution in [0.2, 0.25) is 0 Å². The van der Waals surface area contributed by atoms with Gasteiger partial charge in [-0.1, -0.05) is 6.92 Å². The summed E-state index contributed by atoms with van der Waals surface area (Å²) >= 11 is 0. The number of hydrogen-bond donors (Lipinski definition) is 0. The molecule has 2 atom stereocenters. The van der Waals surface area contributed by atoms with Gasteiger partial charge >= 0.3 is 0 Å². The predicted octanol–water partition coefficient (Wildman–Crippen LogP) is 1.80. The minimum atomic E-state index is 0.0600. The van der Waals surface area contributed by atoms with E-state index in [0.717, 1.165) is 25.3 Å². The van der Waals surface area contributed by atoms with E-state index < -0.39 is 0 Å². The van der Waals surface area contributed by atoms with Crippen LogP contribution in [-0.2, 0) is 4.79 Å². The number of carbonyl (C=O) groups is 1. The molecule has 0 radical (unpaired) electrons. The molecular formula is C11H17NO. The fourth-order valence-electron chi connectivity index (χ4n) is 2.61. The van der Waals surface area contributed by atoms with Gasteiger partial charge < -0.3 is 4.90 Å². The monoisotopic (exact) mass is 179 g/mol. The highest BCUT2D eigenvalue weighted by Gasteiger charge is 2.53. The van der Waals surface area contributed by atoms with E-state index in [1.165, 1.54) is 19.3 Å². The van der Waals surface area contributed by atoms with Crippen molar-refractivity contribution in [3.63, 3.8) is 0 Å². The predicted molar refractivity (Wildman–Crippen MR) is 50.2 cm³/mol. The number of rotatable bonds is 1. The minimum Gasteiger partial charge on any atom is -0.339 e. The molecule has 1 amide bonds. The molecule has 1 saturated heterocycles. The molecule has 2 heteroatoms. The van der Waals surface area contributed by atoms with Crippen LogP contribution in [0.25, 0.3) is 0 Å². The second kappa shape index (κ2) is 2.28. The summed E-state index contributed by atoms with van der Waals surface area (Å²) in [4.78, 5) is 14.2. The zero-order valence-corrected chi connectivity index (χ0v) is 8.25. The van der Waals surface area contributed by atoms with Gasteiger partial charge in [0.15, 0.2) is 0 Å². The number of fused-ring (bicyclic) bond motifs is 1. The van der Waals surface area contributed by atoms with Gasteiger partial charge in [-0.15, -0.1) is 0 Å². The lowest BCUT2D eigenvalue weighted by molar-refractivity contribution is -0.137. The smallest absolute Gasteiger partial charge is 0.228 e. The lowest BCUT2D eigenvalue weighted by atomic mass is 10.1. The summed E-state index contributed by atoms with van der Waals surface area (Å²) in [5.41, 5.74) is 0.0600. The average molecular weight is 179 g/mol. The molecule has 0 aromatic carbocycles. The normalized spacial score (nSPS) is 39.6. The molecule has 0 N–H and O–H groups in total. The van der Waals surface area contributed by atoms with Crippen LogP contribution in [0.1, 0.15) is 39.0 Å². The van der Waals surface area contributed by atoms with E-state index in [4.69, 9.17) is 0 Å². The van der Waals surface area contributed by atoms with Gasteiger partial charge in [-0.05, 0) is 38.0 Å². The van der Waals surface area contributed by atoms with Gasteiger partial charge in [-0.3, -0.25) is 4.79 Å². The molecule has 2 unspecified atom stereocenters. The maximum absolute atomic E-state index is 12.0. The van der Waals surface area contributed by atoms with Gasteiger partial charge in [-0.2, -0.15) is 0 Å². The summed E-state index contributed by atoms with van der Waals surface area (Å²) in [6.45, 7) is 3.16. The van der Waals surface area contributed by atoms with Crippen molar-refractivity contribution in [1.29, 1.82) is 0 Å². The number of amides is 1. The van der Waals surface area contributed by atoms with E-state index in [9.17, 15) is 4.79 Å². The fraction of sp³-hybridized carbons (Fsp3) is 0.909. The summed E-state index contributed by atoms with van der Waals surface area (Å²) in [5.74, 6) is 1.33. The van der Waals surface area contributed by atoms with Crippen LogP contribution in [0.4, 0.5) is 0 Å². The van der Waals surface area contributed by atoms with Crippen molar-refractivity contribution in [1.82, 2.24) is 4.90 Å². The van der Waals surface area contributed by atoms with Crippen LogP contribution in [0, 0.1) is 11.3 Å². The zero-order chi connectivity index (χ0) is 9.05. The Bertz CT molecular complexity index is 257. The van der Waals surface area contributed by atoms with Crippen LogP contribution < -0.4 is 0 Å². The molecule has 0 bridgehead atoms. The van der Waals surface area contributed by atoms with Gasteiger partial charge in [0.2, 0.25) is 5.91 Å². The maximum Gasteiger partial charge on any atom is 0.228 e. The molecule has 0 aromatic rings. The Morgan fingerprint density at radius 1 is 1.46 bits per heavy atom. The average Bonchev–Trinajstić information content (AvgIpc) is 2.97. The Morgan fingerprint density at radius 2 is 2.23 bits per heavy atom. The van der Waals surface area contributed by atoms with Gasteiger partial charge in [-0.25, -0.2) is 0 Å². The Kier molecular flexibility index (Phi) is 1.38. The van der Waals surface area contributed by atoms with Gasteiger partial charge in [0.1, 0.15) is 0 Å². The van der Waals surface area contributed by atoms with Gasteiger partial charge in [0.05, 0.1) is 0 Å². The molecule has 2 nitrogen and oxygen atoms in total. The van der Waals surface area contributed by atoms with Crippen molar-refractivity contribution < 1.29 is 4.79 Å². The molecule has 3 aliphatic rings. The number of carbonyl (C=O) groups excluding carboxylic acids is 1. The molecular weight excluding hydrogens is 162 g/mol. The van der Waals surface area contributed by atoms with Crippen molar-refractivity contribution in [2.45, 2.75) is 45.1 Å². The molecule has 3 fully saturated rings. The van der Waals surface area contributed by atoms with E-state index in [1.54, 1.807) is 0 Å². The van der Waals surface area contributed by atoms with Crippen LogP contribution in [0.15, 0.2) is 0 Å². The molecule has 72 valence electrons. The first kappa shape index (κ1) is 7.84. The number of likely N-dealkylation sites (tertiary alicyclic amines) is 1. The third-order valence-corrected chi connectivity index (χ3v) is 4.04. The summed E-state index contributed by atoms with van der Waals surface area (Å²) < 4.78 is 0. The summed E-state index contributed by atoms with van der Waals surface area (Å²) in [6, 6.07) is 0.652. The van der Waals surface area contributed by atoms with Crippen molar-refractivity contribution >= 4 is 5.91 Å². The van der Waals surface area contributed by atoms with E-state index in [-0.39, 0.29) is 5.41 Å². The first-order chi connectivity index (χ1) is 6.21. The highest BCUT2D eigenvalue weighted by atomic mass is 16.2. The summed E-state index contributed by atoms with van der Waals surface area (Å²) in [6.07, 6.45) is 6.15. The van der Waals surface area contributed by atoms with Crippen LogP contribution in [0.3, 0.4) is 0 Å². The molecule has 1 aliphatic heterocycles. The largest absolute Gasteiger partial charge is 0.339 e. The molecule has 3 rings (SSSR count). The second-order valence-electron chi connectivity index (χ2n) is 5.26. The van der Waals surface area contributed by atoms with Crippen LogP contribution in [0.5, 0.6) is 0 Å². The van der Waals surface area contributed by atoms with E-state index in [0.29, 0.717) is 11.9 Å². The van der Waals surface area contributed by atoms with E-state index >= 15 is 0 Å². The molecule has 13 heavy (non-hydrogen) atoms. The third kappa shape index (κ3) is 1.11. The lowest BCUT2D eigenvalue weighted by Gasteiger charge is -2.29. The Hall–Kier alpha value is -0.530. The molecule has 2 saturated carbocycles. The van der Waals surface area contributed by atoms with Crippen LogP contribution in [-0.4, -0.2) is 23.4 Å². The number of nitrogens with zero attached hydrogens (tertiary/aromatic N) is 1. The Balaban J connectivity index is 1.73. The van der Waals surface area contributed by atoms with Crippen LogP contribution >= 0.6 is 0 Å². The topological polar surface area (TPSA) is 20.3 Å². The number of piperidine rings is 1. The van der Waals surface area contributed by atoms with Crippen molar-refractivity contribution in [3.05, 3.63) is 0 Å². The van der Waals surface area contributed by atoms with E-state index in [2.05, 4.69) is 11.8 Å². The van der Waals surface area contributed by atoms with E-state index in [1.807, 2.05) is 0 Å². The molecule has 0 spiro atoms. The fourth-order valence-corrected chi connectivity index (χ4v) is 2.61. The summed E-state index contributed by atoms with van der Waals surface area (Å²) in [5, 5.41) is 0. The first-order valence-corrected chi connectivity index (χ1v) is 5.52. The second-order valence-corrected chi connectivity index (χ2v) is 5.26. The standard InChI is InChI=1S/C11H17NO/c1-11(4-5-11)10(13)12-6-2-3-8-7-9(8)12/h8-9H,2-7H2,1H3. The molecule has 0 aromatic heterocycles. The quantitative estimate of drug-likeness (QED) is 0.601. The zero-order valence-electron chi connectivity index (χ0n) is 8.25. The minimum absolute atomic E-state index is 0.0600. The van der Waals surface area contributed by atoms with Gasteiger partial charge in [0, 0.05) is 18.0 Å². The highest BCUT2D eigenvalue weighted by molar-refractivity contribution is 5.85. The molecule has 1 heterocycles. The maximum atomic E-state index is 12.0. The highest BCUT2D eigenvalue weighted by Crippen LogP contribution is 2.51. The van der Waals surface area contributed by atoms with Crippen molar-refractivity contribution in [2.75, 3.05) is 6.54 Å². The van der Waals surface area contributed by atoms with Crippen molar-refractivity contribution in [2.24, 2.45) is 11.3 Å². The number of hydrogen-bond acceptors (Lipinski definition) is 1. The SMILES string of the molecule is CC1(C(=O)N2CCCC3CC32)CC1. The van der Waals surface area contributed by atoms with Gasteiger partial charge in [0.25, 0.3) is 0 Å². The third-order valence-electron chi connectivity index (χ3n) is 4.04. The Morgan fingerprint density at radius 3 is 2.92 bits per heavy atom. The first-order valence-electron chi connectivity index (χ1n) is 5.52. The summed E-state index contributed by atoms with van der Waals surface area (Å²) in [7, 11) is 0. The van der Waals surface area contributed by atoms with Crippen molar-refractivity contribution in [3.8, 4) is 0 Å². The lowest BCUT2D eigenvalue weighted by Crippen LogP contribution is -2.41. The Labute approximate surface area is 79.3 Å².